The second-order valence-electron chi connectivity index (χ2n) is 7.00. The van der Waals surface area contributed by atoms with E-state index in [4.69, 9.17) is 0 Å². The number of hydrogen-bond acceptors (Lipinski definition) is 4. The summed E-state index contributed by atoms with van der Waals surface area (Å²) in [6.07, 6.45) is 7.56. The maximum atomic E-state index is 13.1. The van der Waals surface area contributed by atoms with Gasteiger partial charge in [-0.3, -0.25) is 4.79 Å². The SMILES string of the molecule is CCc1c(C(=O)N2CCC(n3cncn3)CC2)cnn1-c1ccc(C)cc1. The fraction of sp³-hybridized carbons (Fsp3) is 0.400. The number of carbonyl (C=O) groups excluding carboxylic acids is 1. The number of carbonyl (C=O) groups is 1. The van der Waals surface area contributed by atoms with Crippen LogP contribution in [0.4, 0.5) is 0 Å². The lowest BCUT2D eigenvalue weighted by Crippen LogP contribution is -2.39. The third-order valence-corrected chi connectivity index (χ3v) is 5.28. The number of nitrogens with zero attached hydrogens (tertiary/aromatic N) is 6. The lowest BCUT2D eigenvalue weighted by Gasteiger charge is -2.31. The second kappa shape index (κ2) is 7.34. The summed E-state index contributed by atoms with van der Waals surface area (Å²) in [4.78, 5) is 19.1. The fourth-order valence-electron chi connectivity index (χ4n) is 3.71. The van der Waals surface area contributed by atoms with E-state index in [-0.39, 0.29) is 5.91 Å². The molecule has 0 saturated carbocycles. The quantitative estimate of drug-likeness (QED) is 0.714. The number of amides is 1. The van der Waals surface area contributed by atoms with Crippen LogP contribution in [0.5, 0.6) is 0 Å². The molecule has 140 valence electrons. The van der Waals surface area contributed by atoms with Gasteiger partial charge in [-0.05, 0) is 38.3 Å². The first-order valence-corrected chi connectivity index (χ1v) is 9.44. The zero-order valence-electron chi connectivity index (χ0n) is 15.7. The van der Waals surface area contributed by atoms with E-state index in [9.17, 15) is 4.79 Å². The van der Waals surface area contributed by atoms with E-state index >= 15 is 0 Å². The van der Waals surface area contributed by atoms with Crippen molar-refractivity contribution in [2.75, 3.05) is 13.1 Å². The Morgan fingerprint density at radius 1 is 1.15 bits per heavy atom. The van der Waals surface area contributed by atoms with E-state index in [1.807, 2.05) is 26.4 Å². The fourth-order valence-corrected chi connectivity index (χ4v) is 3.71. The maximum Gasteiger partial charge on any atom is 0.257 e. The van der Waals surface area contributed by atoms with Gasteiger partial charge in [-0.15, -0.1) is 0 Å². The average Bonchev–Trinajstić information content (AvgIpc) is 3.38. The highest BCUT2D eigenvalue weighted by molar-refractivity contribution is 5.95. The molecule has 0 atom stereocenters. The van der Waals surface area contributed by atoms with E-state index in [0.29, 0.717) is 11.6 Å². The first-order valence-electron chi connectivity index (χ1n) is 9.44. The number of piperidine rings is 1. The lowest BCUT2D eigenvalue weighted by atomic mass is 10.0. The molecule has 27 heavy (non-hydrogen) atoms. The van der Waals surface area contributed by atoms with Gasteiger partial charge in [0.25, 0.3) is 5.91 Å². The number of rotatable bonds is 4. The van der Waals surface area contributed by atoms with Crippen LogP contribution in [0.2, 0.25) is 0 Å². The first kappa shape index (κ1) is 17.5. The Bertz CT molecular complexity index is 905. The number of hydrogen-bond donors (Lipinski definition) is 0. The van der Waals surface area contributed by atoms with Crippen molar-refractivity contribution in [1.82, 2.24) is 29.4 Å². The van der Waals surface area contributed by atoms with Crippen LogP contribution in [0.3, 0.4) is 0 Å². The van der Waals surface area contributed by atoms with Crippen molar-refractivity contribution in [2.24, 2.45) is 0 Å². The van der Waals surface area contributed by atoms with Gasteiger partial charge in [0.1, 0.15) is 12.7 Å². The minimum Gasteiger partial charge on any atom is -0.338 e. The maximum absolute atomic E-state index is 13.1. The predicted molar refractivity (Wildman–Crippen MR) is 102 cm³/mol. The van der Waals surface area contributed by atoms with Crippen LogP contribution in [0.15, 0.2) is 43.1 Å². The average molecular weight is 364 g/mol. The molecule has 7 nitrogen and oxygen atoms in total. The molecule has 1 aromatic carbocycles. The van der Waals surface area contributed by atoms with Gasteiger partial charge in [0.2, 0.25) is 0 Å². The molecule has 3 aromatic rings. The Kier molecular flexibility index (Phi) is 4.75. The third-order valence-electron chi connectivity index (χ3n) is 5.28. The summed E-state index contributed by atoms with van der Waals surface area (Å²) in [6.45, 7) is 5.57. The lowest BCUT2D eigenvalue weighted by molar-refractivity contribution is 0.0688. The molecule has 1 amide bonds. The summed E-state index contributed by atoms with van der Waals surface area (Å²) in [5.74, 6) is 0.0715. The molecule has 4 rings (SSSR count). The molecule has 0 unspecified atom stereocenters. The molecule has 0 spiro atoms. The van der Waals surface area contributed by atoms with Crippen LogP contribution in [0, 0.1) is 6.92 Å². The van der Waals surface area contributed by atoms with Gasteiger partial charge < -0.3 is 4.90 Å². The van der Waals surface area contributed by atoms with Gasteiger partial charge >= 0.3 is 0 Å². The minimum absolute atomic E-state index is 0.0715. The summed E-state index contributed by atoms with van der Waals surface area (Å²) in [5.41, 5.74) is 3.86. The van der Waals surface area contributed by atoms with Crippen LogP contribution in [-0.2, 0) is 6.42 Å². The molecule has 1 aliphatic rings. The Hall–Kier alpha value is -2.96. The summed E-state index contributed by atoms with van der Waals surface area (Å²) in [7, 11) is 0. The Morgan fingerprint density at radius 2 is 1.89 bits per heavy atom. The van der Waals surface area contributed by atoms with E-state index in [1.54, 1.807) is 18.9 Å². The van der Waals surface area contributed by atoms with Gasteiger partial charge in [-0.2, -0.15) is 10.2 Å². The topological polar surface area (TPSA) is 68.8 Å². The van der Waals surface area contributed by atoms with Crippen LogP contribution < -0.4 is 0 Å². The standard InChI is InChI=1S/C20H24N6O/c1-3-19-18(12-22-26(19)17-6-4-15(2)5-7-17)20(27)24-10-8-16(9-11-24)25-14-21-13-23-25/h4-7,12-14,16H,3,8-11H2,1-2H3. The monoisotopic (exact) mass is 364 g/mol. The largest absolute Gasteiger partial charge is 0.338 e. The highest BCUT2D eigenvalue weighted by Gasteiger charge is 2.27. The molecular weight excluding hydrogens is 340 g/mol. The normalized spacial score (nSPS) is 15.3. The molecule has 1 aliphatic heterocycles. The van der Waals surface area contributed by atoms with Crippen LogP contribution in [0.1, 0.15) is 47.4 Å². The summed E-state index contributed by atoms with van der Waals surface area (Å²) in [6, 6.07) is 8.52. The molecule has 2 aromatic heterocycles. The molecular formula is C20H24N6O. The molecule has 1 fully saturated rings. The second-order valence-corrected chi connectivity index (χ2v) is 7.00. The molecule has 1 saturated heterocycles. The molecule has 3 heterocycles. The molecule has 0 aliphatic carbocycles. The zero-order valence-corrected chi connectivity index (χ0v) is 15.7. The van der Waals surface area contributed by atoms with Gasteiger partial charge in [0, 0.05) is 13.1 Å². The zero-order chi connectivity index (χ0) is 18.8. The highest BCUT2D eigenvalue weighted by atomic mass is 16.2. The number of aryl methyl sites for hydroxylation is 1. The highest BCUT2D eigenvalue weighted by Crippen LogP contribution is 2.24. The van der Waals surface area contributed by atoms with Crippen molar-refractivity contribution < 1.29 is 4.79 Å². The number of likely N-dealkylation sites (tertiary alicyclic amines) is 1. The van der Waals surface area contributed by atoms with Crippen LogP contribution in [0.25, 0.3) is 5.69 Å². The Labute approximate surface area is 158 Å². The molecule has 0 N–H and O–H groups in total. The number of benzene rings is 1. The van der Waals surface area contributed by atoms with Gasteiger partial charge in [-0.1, -0.05) is 24.6 Å². The van der Waals surface area contributed by atoms with Crippen molar-refractivity contribution in [2.45, 2.75) is 39.2 Å². The predicted octanol–water partition coefficient (Wildman–Crippen LogP) is 2.81. The minimum atomic E-state index is 0.0715. The van der Waals surface area contributed by atoms with E-state index in [2.05, 4.69) is 41.2 Å². The molecule has 7 heteroatoms. The van der Waals surface area contributed by atoms with Gasteiger partial charge in [0.05, 0.1) is 29.2 Å². The van der Waals surface area contributed by atoms with Gasteiger partial charge in [-0.25, -0.2) is 14.3 Å². The van der Waals surface area contributed by atoms with Crippen molar-refractivity contribution in [3.63, 3.8) is 0 Å². The summed E-state index contributed by atoms with van der Waals surface area (Å²) in [5, 5.41) is 8.73. The first-order chi connectivity index (χ1) is 13.2. The molecule has 0 radical (unpaired) electrons. The van der Waals surface area contributed by atoms with Crippen molar-refractivity contribution >= 4 is 5.91 Å². The smallest absolute Gasteiger partial charge is 0.257 e. The van der Waals surface area contributed by atoms with E-state index < -0.39 is 0 Å². The Morgan fingerprint density at radius 3 is 2.52 bits per heavy atom. The van der Waals surface area contributed by atoms with Crippen molar-refractivity contribution in [1.29, 1.82) is 0 Å². The van der Waals surface area contributed by atoms with Crippen molar-refractivity contribution in [3.8, 4) is 5.69 Å². The van der Waals surface area contributed by atoms with Crippen molar-refractivity contribution in [3.05, 3.63) is 59.9 Å². The van der Waals surface area contributed by atoms with Crippen LogP contribution >= 0.6 is 0 Å². The number of aromatic nitrogens is 5. The molecule has 0 bridgehead atoms. The van der Waals surface area contributed by atoms with Crippen LogP contribution in [-0.4, -0.2) is 48.4 Å². The van der Waals surface area contributed by atoms with E-state index in [0.717, 1.165) is 43.7 Å². The third kappa shape index (κ3) is 3.37. The summed E-state index contributed by atoms with van der Waals surface area (Å²) < 4.78 is 3.78. The Balaban J connectivity index is 1.52. The van der Waals surface area contributed by atoms with E-state index in [1.165, 1.54) is 5.56 Å². The van der Waals surface area contributed by atoms with Gasteiger partial charge in [0.15, 0.2) is 0 Å². The summed E-state index contributed by atoms with van der Waals surface area (Å²) >= 11 is 0.